The molecule has 1 unspecified atom stereocenters. The highest BCUT2D eigenvalue weighted by Gasteiger charge is 2.28. The molecule has 0 saturated heterocycles. The Kier molecular flexibility index (Phi) is 4.44. The Hall–Kier alpha value is -3.26. The molecular formula is C20H16FN3O. The Bertz CT molecular complexity index is 980. The average molecular weight is 333 g/mol. The van der Waals surface area contributed by atoms with Crippen molar-refractivity contribution in [2.75, 3.05) is 0 Å². The minimum Gasteiger partial charge on any atom is -0.334 e. The van der Waals surface area contributed by atoms with Gasteiger partial charge in [-0.25, -0.2) is 4.39 Å². The first-order chi connectivity index (χ1) is 12.0. The molecule has 3 aromatic rings. The minimum absolute atomic E-state index is 0.0723. The van der Waals surface area contributed by atoms with Gasteiger partial charge in [-0.05, 0) is 30.7 Å². The molecule has 0 saturated carbocycles. The number of halogens is 1. The SMILES string of the molecule is CC(C#N)(Cc1ccccc1F)NC(=O)c1cnc2ccccc2c1. The zero-order valence-electron chi connectivity index (χ0n) is 13.7. The van der Waals surface area contributed by atoms with Crippen LogP contribution < -0.4 is 5.32 Å². The van der Waals surface area contributed by atoms with Crippen LogP contribution >= 0.6 is 0 Å². The molecule has 1 atom stereocenters. The molecule has 0 aliphatic carbocycles. The van der Waals surface area contributed by atoms with Crippen LogP contribution in [0, 0.1) is 17.1 Å². The summed E-state index contributed by atoms with van der Waals surface area (Å²) in [7, 11) is 0. The van der Waals surface area contributed by atoms with Gasteiger partial charge in [-0.15, -0.1) is 0 Å². The lowest BCUT2D eigenvalue weighted by atomic mass is 9.93. The van der Waals surface area contributed by atoms with E-state index in [2.05, 4.69) is 16.4 Å². The van der Waals surface area contributed by atoms with Gasteiger partial charge in [-0.3, -0.25) is 9.78 Å². The maximum atomic E-state index is 13.9. The highest BCUT2D eigenvalue weighted by Crippen LogP contribution is 2.18. The number of carbonyl (C=O) groups is 1. The molecule has 0 aliphatic heterocycles. The van der Waals surface area contributed by atoms with E-state index in [9.17, 15) is 14.4 Å². The fraction of sp³-hybridized carbons (Fsp3) is 0.150. The second-order valence-electron chi connectivity index (χ2n) is 6.08. The molecule has 1 N–H and O–H groups in total. The molecule has 5 heteroatoms. The monoisotopic (exact) mass is 333 g/mol. The third kappa shape index (κ3) is 3.64. The summed E-state index contributed by atoms with van der Waals surface area (Å²) in [5.41, 5.74) is 0.288. The average Bonchev–Trinajstić information content (AvgIpc) is 2.63. The molecular weight excluding hydrogens is 317 g/mol. The molecule has 1 amide bonds. The van der Waals surface area contributed by atoms with Gasteiger partial charge in [-0.2, -0.15) is 5.26 Å². The zero-order chi connectivity index (χ0) is 17.9. The van der Waals surface area contributed by atoms with E-state index in [4.69, 9.17) is 0 Å². The molecule has 1 heterocycles. The van der Waals surface area contributed by atoms with E-state index in [0.717, 1.165) is 10.9 Å². The summed E-state index contributed by atoms with van der Waals surface area (Å²) in [4.78, 5) is 16.8. The Balaban J connectivity index is 1.83. The second-order valence-corrected chi connectivity index (χ2v) is 6.08. The lowest BCUT2D eigenvalue weighted by molar-refractivity contribution is 0.0924. The summed E-state index contributed by atoms with van der Waals surface area (Å²) in [5.74, 6) is -0.816. The molecule has 1 aromatic heterocycles. The molecule has 0 bridgehead atoms. The first-order valence-electron chi connectivity index (χ1n) is 7.83. The van der Waals surface area contributed by atoms with Gasteiger partial charge >= 0.3 is 0 Å². The molecule has 2 aromatic carbocycles. The van der Waals surface area contributed by atoms with Crippen LogP contribution in [-0.2, 0) is 6.42 Å². The van der Waals surface area contributed by atoms with Crippen molar-refractivity contribution in [3.63, 3.8) is 0 Å². The predicted octanol–water partition coefficient (Wildman–Crippen LogP) is 3.63. The van der Waals surface area contributed by atoms with E-state index in [1.54, 1.807) is 31.2 Å². The highest BCUT2D eigenvalue weighted by atomic mass is 19.1. The van der Waals surface area contributed by atoms with Gasteiger partial charge in [0.15, 0.2) is 0 Å². The molecule has 4 nitrogen and oxygen atoms in total. The molecule has 0 spiro atoms. The third-order valence-corrected chi connectivity index (χ3v) is 3.99. The van der Waals surface area contributed by atoms with Crippen molar-refractivity contribution >= 4 is 16.8 Å². The van der Waals surface area contributed by atoms with E-state index in [1.807, 2.05) is 24.3 Å². The van der Waals surface area contributed by atoms with Crippen LogP contribution in [-0.4, -0.2) is 16.4 Å². The van der Waals surface area contributed by atoms with Crippen molar-refractivity contribution in [1.29, 1.82) is 5.26 Å². The highest BCUT2D eigenvalue weighted by molar-refractivity contribution is 5.97. The number of aromatic nitrogens is 1. The zero-order valence-corrected chi connectivity index (χ0v) is 13.7. The number of hydrogen-bond acceptors (Lipinski definition) is 3. The van der Waals surface area contributed by atoms with Gasteiger partial charge < -0.3 is 5.32 Å². The maximum absolute atomic E-state index is 13.9. The topological polar surface area (TPSA) is 65.8 Å². The van der Waals surface area contributed by atoms with Gasteiger partial charge in [0.25, 0.3) is 5.91 Å². The number of fused-ring (bicyclic) bond motifs is 1. The molecule has 0 aliphatic rings. The van der Waals surface area contributed by atoms with Gasteiger partial charge in [0.2, 0.25) is 0 Å². The maximum Gasteiger partial charge on any atom is 0.254 e. The number of pyridine rings is 1. The summed E-state index contributed by atoms with van der Waals surface area (Å²) in [6.45, 7) is 1.58. The van der Waals surface area contributed by atoms with Gasteiger partial charge in [-0.1, -0.05) is 36.4 Å². The van der Waals surface area contributed by atoms with Gasteiger partial charge in [0.1, 0.15) is 11.4 Å². The van der Waals surface area contributed by atoms with Crippen LogP contribution in [0.1, 0.15) is 22.8 Å². The van der Waals surface area contributed by atoms with Crippen molar-refractivity contribution in [2.24, 2.45) is 0 Å². The number of nitriles is 1. The number of nitrogens with one attached hydrogen (secondary N) is 1. The Morgan fingerprint density at radius 3 is 2.72 bits per heavy atom. The predicted molar refractivity (Wildman–Crippen MR) is 93.3 cm³/mol. The number of amides is 1. The van der Waals surface area contributed by atoms with Crippen LogP contribution in [0.3, 0.4) is 0 Å². The fourth-order valence-electron chi connectivity index (χ4n) is 2.65. The first kappa shape index (κ1) is 16.6. The molecule has 124 valence electrons. The van der Waals surface area contributed by atoms with Crippen molar-refractivity contribution in [2.45, 2.75) is 18.9 Å². The van der Waals surface area contributed by atoms with Crippen LogP contribution in [0.4, 0.5) is 4.39 Å². The molecule has 3 rings (SSSR count). The number of rotatable bonds is 4. The first-order valence-corrected chi connectivity index (χ1v) is 7.83. The van der Waals surface area contributed by atoms with Crippen LogP contribution in [0.15, 0.2) is 60.8 Å². The largest absolute Gasteiger partial charge is 0.334 e. The molecule has 0 fully saturated rings. The third-order valence-electron chi connectivity index (χ3n) is 3.99. The van der Waals surface area contributed by atoms with Crippen LogP contribution in [0.25, 0.3) is 10.9 Å². The fourth-order valence-corrected chi connectivity index (χ4v) is 2.65. The summed E-state index contributed by atoms with van der Waals surface area (Å²) in [6.07, 6.45) is 1.54. The Morgan fingerprint density at radius 1 is 1.24 bits per heavy atom. The lowest BCUT2D eigenvalue weighted by Crippen LogP contribution is -2.46. The summed E-state index contributed by atoms with van der Waals surface area (Å²) in [6, 6.07) is 17.5. The molecule has 25 heavy (non-hydrogen) atoms. The second kappa shape index (κ2) is 6.70. The van der Waals surface area contributed by atoms with Crippen molar-refractivity contribution in [1.82, 2.24) is 10.3 Å². The van der Waals surface area contributed by atoms with Crippen molar-refractivity contribution < 1.29 is 9.18 Å². The number of hydrogen-bond donors (Lipinski definition) is 1. The lowest BCUT2D eigenvalue weighted by Gasteiger charge is -2.23. The summed E-state index contributed by atoms with van der Waals surface area (Å²) in [5, 5.41) is 13.0. The van der Waals surface area contributed by atoms with Gasteiger partial charge in [0, 0.05) is 18.0 Å². The van der Waals surface area contributed by atoms with Gasteiger partial charge in [0.05, 0.1) is 17.1 Å². The number of benzene rings is 2. The number of carbonyl (C=O) groups excluding carboxylic acids is 1. The van der Waals surface area contributed by atoms with E-state index in [1.165, 1.54) is 12.3 Å². The van der Waals surface area contributed by atoms with Crippen molar-refractivity contribution in [3.8, 4) is 6.07 Å². The van der Waals surface area contributed by atoms with E-state index in [0.29, 0.717) is 11.1 Å². The Labute approximate surface area is 144 Å². The van der Waals surface area contributed by atoms with E-state index >= 15 is 0 Å². The van der Waals surface area contributed by atoms with E-state index in [-0.39, 0.29) is 6.42 Å². The van der Waals surface area contributed by atoms with Crippen LogP contribution in [0.2, 0.25) is 0 Å². The summed E-state index contributed by atoms with van der Waals surface area (Å²) >= 11 is 0. The minimum atomic E-state index is -1.23. The quantitative estimate of drug-likeness (QED) is 0.793. The number of para-hydroxylation sites is 1. The summed E-state index contributed by atoms with van der Waals surface area (Å²) < 4.78 is 13.9. The van der Waals surface area contributed by atoms with Crippen molar-refractivity contribution in [3.05, 3.63) is 77.7 Å². The normalized spacial score (nSPS) is 13.0. The smallest absolute Gasteiger partial charge is 0.254 e. The number of nitrogens with zero attached hydrogens (tertiary/aromatic N) is 2. The molecule has 0 radical (unpaired) electrons. The van der Waals surface area contributed by atoms with Crippen LogP contribution in [0.5, 0.6) is 0 Å². The Morgan fingerprint density at radius 2 is 1.96 bits per heavy atom. The standard InChI is InChI=1S/C20H16FN3O/c1-20(13-22,11-15-7-2-4-8-17(15)21)24-19(25)16-10-14-6-3-5-9-18(14)23-12-16/h2-10,12H,11H2,1H3,(H,24,25). The van der Waals surface area contributed by atoms with E-state index < -0.39 is 17.3 Å².